The first kappa shape index (κ1) is 19.1. The summed E-state index contributed by atoms with van der Waals surface area (Å²) in [6, 6.07) is 5.53. The second-order valence-electron chi connectivity index (χ2n) is 7.10. The summed E-state index contributed by atoms with van der Waals surface area (Å²) in [5.74, 6) is 1.25. The van der Waals surface area contributed by atoms with Gasteiger partial charge in [0.05, 0.1) is 11.5 Å². The first-order valence-electron chi connectivity index (χ1n) is 9.26. The molecule has 0 saturated carbocycles. The van der Waals surface area contributed by atoms with E-state index < -0.39 is 11.0 Å². The maximum absolute atomic E-state index is 12.4. The van der Waals surface area contributed by atoms with Gasteiger partial charge in [-0.25, -0.2) is 4.79 Å². The Kier molecular flexibility index (Phi) is 6.23. The number of amides is 3. The molecular weight excluding hydrogens is 350 g/mol. The van der Waals surface area contributed by atoms with Crippen molar-refractivity contribution in [1.82, 2.24) is 20.9 Å². The number of nitrogens with zero attached hydrogens (tertiary/aromatic N) is 2. The Morgan fingerprint density at radius 3 is 2.33 bits per heavy atom. The standard InChI is InChI=1S/C18H25N5O4/c24-17(22-7-5-14-10-19-11-15(14)6-8-22)12-21-18(25)20-9-13-1-3-16(4-2-13)23(26)27/h1-4,14-15,19H,5-12H2,(H2,20,21,25)/t14-,15+. The van der Waals surface area contributed by atoms with Crippen LogP contribution in [0.3, 0.4) is 0 Å². The van der Waals surface area contributed by atoms with Crippen molar-refractivity contribution in [3.8, 4) is 0 Å². The summed E-state index contributed by atoms with van der Waals surface area (Å²) in [7, 11) is 0. The summed E-state index contributed by atoms with van der Waals surface area (Å²) < 4.78 is 0. The molecule has 0 bridgehead atoms. The molecule has 2 fully saturated rings. The van der Waals surface area contributed by atoms with Crippen LogP contribution in [-0.2, 0) is 11.3 Å². The van der Waals surface area contributed by atoms with Gasteiger partial charge in [0.15, 0.2) is 0 Å². The molecule has 2 saturated heterocycles. The molecule has 2 atom stereocenters. The number of nitro benzene ring substituents is 1. The van der Waals surface area contributed by atoms with Crippen LogP contribution in [-0.4, -0.2) is 54.5 Å². The van der Waals surface area contributed by atoms with Crippen molar-refractivity contribution >= 4 is 17.6 Å². The molecule has 0 spiro atoms. The van der Waals surface area contributed by atoms with Crippen LogP contribution in [0.5, 0.6) is 0 Å². The molecule has 0 aromatic heterocycles. The first-order valence-corrected chi connectivity index (χ1v) is 9.26. The smallest absolute Gasteiger partial charge is 0.315 e. The third-order valence-electron chi connectivity index (χ3n) is 5.37. The van der Waals surface area contributed by atoms with Gasteiger partial charge in [-0.15, -0.1) is 0 Å². The number of fused-ring (bicyclic) bond motifs is 1. The molecule has 27 heavy (non-hydrogen) atoms. The maximum Gasteiger partial charge on any atom is 0.315 e. The Morgan fingerprint density at radius 1 is 1.11 bits per heavy atom. The van der Waals surface area contributed by atoms with Crippen molar-refractivity contribution in [1.29, 1.82) is 0 Å². The van der Waals surface area contributed by atoms with E-state index in [0.717, 1.165) is 44.6 Å². The second kappa shape index (κ2) is 8.81. The van der Waals surface area contributed by atoms with Crippen LogP contribution in [0, 0.1) is 22.0 Å². The van der Waals surface area contributed by atoms with E-state index in [1.807, 2.05) is 4.90 Å². The number of hydrogen-bond donors (Lipinski definition) is 3. The average molecular weight is 375 g/mol. The average Bonchev–Trinajstić information content (AvgIpc) is 3.03. The maximum atomic E-state index is 12.4. The van der Waals surface area contributed by atoms with Crippen molar-refractivity contribution in [2.75, 3.05) is 32.7 Å². The Balaban J connectivity index is 1.38. The van der Waals surface area contributed by atoms with Crippen molar-refractivity contribution < 1.29 is 14.5 Å². The summed E-state index contributed by atoms with van der Waals surface area (Å²) in [6.07, 6.45) is 2.02. The number of nitro groups is 1. The van der Waals surface area contributed by atoms with Gasteiger partial charge in [-0.3, -0.25) is 14.9 Å². The molecule has 9 heteroatoms. The molecule has 9 nitrogen and oxygen atoms in total. The molecule has 146 valence electrons. The minimum atomic E-state index is -0.470. The van der Waals surface area contributed by atoms with Gasteiger partial charge in [0.1, 0.15) is 0 Å². The number of urea groups is 1. The highest BCUT2D eigenvalue weighted by atomic mass is 16.6. The van der Waals surface area contributed by atoms with Gasteiger partial charge in [-0.05, 0) is 43.3 Å². The van der Waals surface area contributed by atoms with Gasteiger partial charge in [0, 0.05) is 31.8 Å². The molecule has 2 heterocycles. The van der Waals surface area contributed by atoms with E-state index in [4.69, 9.17) is 0 Å². The van der Waals surface area contributed by atoms with Gasteiger partial charge < -0.3 is 20.9 Å². The Bertz CT molecular complexity index is 679. The van der Waals surface area contributed by atoms with Crippen LogP contribution in [0.4, 0.5) is 10.5 Å². The van der Waals surface area contributed by atoms with Crippen LogP contribution in [0.25, 0.3) is 0 Å². The van der Waals surface area contributed by atoms with Crippen LogP contribution >= 0.6 is 0 Å². The number of carbonyl (C=O) groups is 2. The molecule has 2 aliphatic rings. The molecule has 1 aromatic carbocycles. The van der Waals surface area contributed by atoms with Gasteiger partial charge in [-0.2, -0.15) is 0 Å². The molecule has 0 radical (unpaired) electrons. The van der Waals surface area contributed by atoms with Crippen molar-refractivity contribution in [3.05, 3.63) is 39.9 Å². The van der Waals surface area contributed by atoms with E-state index in [-0.39, 0.29) is 24.7 Å². The lowest BCUT2D eigenvalue weighted by molar-refractivity contribution is -0.384. The predicted octanol–water partition coefficient (Wildman–Crippen LogP) is 0.852. The third kappa shape index (κ3) is 5.16. The van der Waals surface area contributed by atoms with Crippen LogP contribution in [0.15, 0.2) is 24.3 Å². The lowest BCUT2D eigenvalue weighted by Gasteiger charge is -2.21. The topological polar surface area (TPSA) is 117 Å². The number of non-ortho nitro benzene ring substituents is 1. The fourth-order valence-corrected chi connectivity index (χ4v) is 3.72. The summed E-state index contributed by atoms with van der Waals surface area (Å²) >= 11 is 0. The lowest BCUT2D eigenvalue weighted by atomic mass is 9.92. The molecule has 0 aliphatic carbocycles. The van der Waals surface area contributed by atoms with E-state index in [1.54, 1.807) is 12.1 Å². The number of benzene rings is 1. The lowest BCUT2D eigenvalue weighted by Crippen LogP contribution is -2.44. The van der Waals surface area contributed by atoms with Crippen LogP contribution in [0.1, 0.15) is 18.4 Å². The Labute approximate surface area is 157 Å². The minimum Gasteiger partial charge on any atom is -0.341 e. The number of hydrogen-bond acceptors (Lipinski definition) is 5. The molecule has 2 aliphatic heterocycles. The first-order chi connectivity index (χ1) is 13.0. The fourth-order valence-electron chi connectivity index (χ4n) is 3.72. The quantitative estimate of drug-likeness (QED) is 0.521. The van der Waals surface area contributed by atoms with E-state index >= 15 is 0 Å². The molecule has 3 N–H and O–H groups in total. The zero-order valence-corrected chi connectivity index (χ0v) is 15.1. The van der Waals surface area contributed by atoms with Gasteiger partial charge in [0.25, 0.3) is 5.69 Å². The zero-order valence-electron chi connectivity index (χ0n) is 15.1. The van der Waals surface area contributed by atoms with Crippen molar-refractivity contribution in [2.45, 2.75) is 19.4 Å². The highest BCUT2D eigenvalue weighted by Crippen LogP contribution is 2.26. The molecule has 3 amide bonds. The highest BCUT2D eigenvalue weighted by molar-refractivity contribution is 5.84. The Morgan fingerprint density at radius 2 is 1.74 bits per heavy atom. The van der Waals surface area contributed by atoms with E-state index in [1.165, 1.54) is 12.1 Å². The van der Waals surface area contributed by atoms with Gasteiger partial charge >= 0.3 is 6.03 Å². The number of carbonyl (C=O) groups excluding carboxylic acids is 2. The third-order valence-corrected chi connectivity index (χ3v) is 5.37. The molecule has 0 unspecified atom stereocenters. The summed E-state index contributed by atoms with van der Waals surface area (Å²) in [5, 5.41) is 19.3. The van der Waals surface area contributed by atoms with E-state index in [2.05, 4.69) is 16.0 Å². The monoisotopic (exact) mass is 375 g/mol. The number of rotatable bonds is 5. The van der Waals surface area contributed by atoms with Crippen molar-refractivity contribution in [3.63, 3.8) is 0 Å². The normalized spacial score (nSPS) is 21.9. The van der Waals surface area contributed by atoms with Gasteiger partial charge in [0.2, 0.25) is 5.91 Å². The minimum absolute atomic E-state index is 0.00571. The Hall–Kier alpha value is -2.68. The fraction of sp³-hybridized carbons (Fsp3) is 0.556. The van der Waals surface area contributed by atoms with E-state index in [0.29, 0.717) is 11.8 Å². The van der Waals surface area contributed by atoms with Gasteiger partial charge in [-0.1, -0.05) is 12.1 Å². The van der Waals surface area contributed by atoms with Crippen LogP contribution < -0.4 is 16.0 Å². The SMILES string of the molecule is O=C(NCC(=O)N1CC[C@@H]2CNC[C@@H]2CC1)NCc1ccc([N+](=O)[O-])cc1. The summed E-state index contributed by atoms with van der Waals surface area (Å²) in [5.41, 5.74) is 0.751. The highest BCUT2D eigenvalue weighted by Gasteiger charge is 2.31. The van der Waals surface area contributed by atoms with Crippen molar-refractivity contribution in [2.24, 2.45) is 11.8 Å². The van der Waals surface area contributed by atoms with Crippen LogP contribution in [0.2, 0.25) is 0 Å². The summed E-state index contributed by atoms with van der Waals surface area (Å²) in [4.78, 5) is 36.2. The summed E-state index contributed by atoms with van der Waals surface area (Å²) in [6.45, 7) is 3.77. The van der Waals surface area contributed by atoms with E-state index in [9.17, 15) is 19.7 Å². The number of likely N-dealkylation sites (tertiary alicyclic amines) is 1. The molecular formula is C18H25N5O4. The second-order valence-corrected chi connectivity index (χ2v) is 7.10. The molecule has 1 aromatic rings. The number of nitrogens with one attached hydrogen (secondary N) is 3. The predicted molar refractivity (Wildman–Crippen MR) is 99.0 cm³/mol. The largest absolute Gasteiger partial charge is 0.341 e. The molecule has 3 rings (SSSR count). The zero-order chi connectivity index (χ0) is 19.2.